The first-order chi connectivity index (χ1) is 10.7. The van der Waals surface area contributed by atoms with E-state index in [1.807, 2.05) is 22.7 Å². The first-order valence-corrected chi connectivity index (χ1v) is 8.22. The summed E-state index contributed by atoms with van der Waals surface area (Å²) < 4.78 is 14.7. The average molecular weight is 308 g/mol. The number of halogens is 1. The molecule has 0 radical (unpaired) electrons. The highest BCUT2D eigenvalue weighted by atomic mass is 19.1. The maximum atomic E-state index is 12.7. The highest BCUT2D eigenvalue weighted by molar-refractivity contribution is 5.79. The van der Waals surface area contributed by atoms with Gasteiger partial charge in [-0.15, -0.1) is 0 Å². The lowest BCUT2D eigenvalue weighted by Crippen LogP contribution is -2.46. The molecule has 3 heterocycles. The summed E-state index contributed by atoms with van der Waals surface area (Å²) in [5.74, 6) is 0.0710. The van der Waals surface area contributed by atoms with E-state index in [0.717, 1.165) is 39.0 Å². The van der Waals surface area contributed by atoms with E-state index in [4.69, 9.17) is 0 Å². The van der Waals surface area contributed by atoms with Crippen LogP contribution >= 0.6 is 0 Å². The quantitative estimate of drug-likeness (QED) is 0.827. The van der Waals surface area contributed by atoms with Crippen molar-refractivity contribution < 1.29 is 9.18 Å². The zero-order valence-corrected chi connectivity index (χ0v) is 13.2. The molecule has 2 aliphatic rings. The van der Waals surface area contributed by atoms with E-state index in [-0.39, 0.29) is 18.5 Å². The van der Waals surface area contributed by atoms with Crippen molar-refractivity contribution in [3.8, 4) is 0 Å². The van der Waals surface area contributed by atoms with Crippen LogP contribution < -0.4 is 0 Å². The Labute approximate surface area is 131 Å². The van der Waals surface area contributed by atoms with Crippen molar-refractivity contribution in [1.82, 2.24) is 19.6 Å². The van der Waals surface area contributed by atoms with Crippen LogP contribution in [0, 0.1) is 12.8 Å². The number of carbonyl (C=O) groups excluding carboxylic acids is 1. The molecule has 0 aromatic carbocycles. The molecule has 3 rings (SSSR count). The van der Waals surface area contributed by atoms with Gasteiger partial charge in [0.05, 0.1) is 19.4 Å². The molecule has 0 aliphatic carbocycles. The number of aromatic nitrogens is 2. The van der Waals surface area contributed by atoms with Gasteiger partial charge in [-0.3, -0.25) is 13.9 Å². The van der Waals surface area contributed by atoms with Crippen LogP contribution in [0.3, 0.4) is 0 Å². The van der Waals surface area contributed by atoms with E-state index in [0.29, 0.717) is 19.0 Å². The number of nitrogens with zero attached hydrogens (tertiary/aromatic N) is 4. The molecule has 5 nitrogen and oxygen atoms in total. The van der Waals surface area contributed by atoms with Gasteiger partial charge in [0.1, 0.15) is 0 Å². The van der Waals surface area contributed by atoms with Gasteiger partial charge < -0.3 is 9.80 Å². The van der Waals surface area contributed by atoms with Gasteiger partial charge in [0, 0.05) is 50.8 Å². The smallest absolute Gasteiger partial charge is 0.223 e. The summed E-state index contributed by atoms with van der Waals surface area (Å²) in [6, 6.07) is 0.312. The third kappa shape index (κ3) is 3.48. The van der Waals surface area contributed by atoms with Crippen molar-refractivity contribution in [3.05, 3.63) is 18.0 Å². The Morgan fingerprint density at radius 2 is 2.09 bits per heavy atom. The number of amides is 1. The SMILES string of the molecule is Cc1cnn(CCN2CCC(N3CC(CF)CC3=O)CC2)c1. The second-order valence-electron chi connectivity index (χ2n) is 6.62. The van der Waals surface area contributed by atoms with Gasteiger partial charge in [0.25, 0.3) is 0 Å². The van der Waals surface area contributed by atoms with Gasteiger partial charge in [0.2, 0.25) is 5.91 Å². The third-order valence-corrected chi connectivity index (χ3v) is 4.86. The monoisotopic (exact) mass is 308 g/mol. The lowest BCUT2D eigenvalue weighted by molar-refractivity contribution is -0.130. The van der Waals surface area contributed by atoms with Gasteiger partial charge in [-0.2, -0.15) is 5.10 Å². The second-order valence-corrected chi connectivity index (χ2v) is 6.62. The molecular weight excluding hydrogens is 283 g/mol. The van der Waals surface area contributed by atoms with Crippen molar-refractivity contribution in [1.29, 1.82) is 0 Å². The maximum Gasteiger partial charge on any atom is 0.223 e. The van der Waals surface area contributed by atoms with Crippen molar-refractivity contribution in [2.24, 2.45) is 5.92 Å². The highest BCUT2D eigenvalue weighted by Crippen LogP contribution is 2.25. The van der Waals surface area contributed by atoms with Crippen LogP contribution in [-0.4, -0.2) is 64.4 Å². The third-order valence-electron chi connectivity index (χ3n) is 4.86. The second kappa shape index (κ2) is 6.77. The fraction of sp³-hybridized carbons (Fsp3) is 0.750. The lowest BCUT2D eigenvalue weighted by atomic mass is 10.0. The van der Waals surface area contributed by atoms with Crippen LogP contribution in [-0.2, 0) is 11.3 Å². The number of likely N-dealkylation sites (tertiary alicyclic amines) is 2. The first kappa shape index (κ1) is 15.5. The summed E-state index contributed by atoms with van der Waals surface area (Å²) >= 11 is 0. The fourth-order valence-corrected chi connectivity index (χ4v) is 3.55. The molecule has 0 saturated carbocycles. The van der Waals surface area contributed by atoms with Gasteiger partial charge in [0.15, 0.2) is 0 Å². The van der Waals surface area contributed by atoms with Crippen molar-refractivity contribution >= 4 is 5.91 Å². The molecule has 1 atom stereocenters. The Bertz CT molecular complexity index is 510. The maximum absolute atomic E-state index is 12.7. The molecule has 0 spiro atoms. The van der Waals surface area contributed by atoms with Crippen molar-refractivity contribution in [3.63, 3.8) is 0 Å². The van der Waals surface area contributed by atoms with E-state index < -0.39 is 0 Å². The molecule has 1 unspecified atom stereocenters. The predicted octanol–water partition coefficient (Wildman–Crippen LogP) is 1.47. The summed E-state index contributed by atoms with van der Waals surface area (Å²) in [4.78, 5) is 16.3. The molecule has 2 fully saturated rings. The number of rotatable bonds is 5. The highest BCUT2D eigenvalue weighted by Gasteiger charge is 2.35. The lowest BCUT2D eigenvalue weighted by Gasteiger charge is -2.36. The average Bonchev–Trinajstić information content (AvgIpc) is 3.11. The van der Waals surface area contributed by atoms with Crippen LogP contribution in [0.1, 0.15) is 24.8 Å². The van der Waals surface area contributed by atoms with Gasteiger partial charge in [-0.25, -0.2) is 0 Å². The Morgan fingerprint density at radius 1 is 1.32 bits per heavy atom. The summed E-state index contributed by atoms with van der Waals surface area (Å²) in [6.45, 7) is 6.22. The number of carbonyl (C=O) groups is 1. The van der Waals surface area contributed by atoms with Crippen LogP contribution in [0.5, 0.6) is 0 Å². The van der Waals surface area contributed by atoms with Gasteiger partial charge in [-0.1, -0.05) is 0 Å². The zero-order chi connectivity index (χ0) is 15.5. The van der Waals surface area contributed by atoms with E-state index in [1.165, 1.54) is 5.56 Å². The number of aryl methyl sites for hydroxylation is 1. The standard InChI is InChI=1S/C16H25FN4O/c1-13-10-18-20(11-13)7-6-19-4-2-15(3-5-19)21-12-14(9-17)8-16(21)22/h10-11,14-15H,2-9,12H2,1H3. The minimum atomic E-state index is -0.371. The molecular formula is C16H25FN4O. The largest absolute Gasteiger partial charge is 0.339 e. The molecule has 0 N–H and O–H groups in total. The summed E-state index contributed by atoms with van der Waals surface area (Å²) in [5.41, 5.74) is 1.19. The van der Waals surface area contributed by atoms with E-state index in [2.05, 4.69) is 16.2 Å². The molecule has 22 heavy (non-hydrogen) atoms. The zero-order valence-electron chi connectivity index (χ0n) is 13.2. The Balaban J connectivity index is 1.43. The Kier molecular flexibility index (Phi) is 4.76. The van der Waals surface area contributed by atoms with Crippen LogP contribution in [0.25, 0.3) is 0 Å². The van der Waals surface area contributed by atoms with Gasteiger partial charge >= 0.3 is 0 Å². The van der Waals surface area contributed by atoms with Crippen LogP contribution in [0.15, 0.2) is 12.4 Å². The molecule has 0 bridgehead atoms. The molecule has 2 saturated heterocycles. The van der Waals surface area contributed by atoms with Crippen molar-refractivity contribution in [2.75, 3.05) is 32.9 Å². The topological polar surface area (TPSA) is 41.4 Å². The number of hydrogen-bond acceptors (Lipinski definition) is 3. The number of piperidine rings is 1. The Hall–Kier alpha value is -1.43. The minimum absolute atomic E-state index is 0.0754. The van der Waals surface area contributed by atoms with Crippen LogP contribution in [0.4, 0.5) is 4.39 Å². The summed E-state index contributed by atoms with van der Waals surface area (Å²) in [7, 11) is 0. The summed E-state index contributed by atoms with van der Waals surface area (Å²) in [6.07, 6.45) is 6.35. The van der Waals surface area contributed by atoms with Crippen molar-refractivity contribution in [2.45, 2.75) is 38.8 Å². The van der Waals surface area contributed by atoms with E-state index >= 15 is 0 Å². The minimum Gasteiger partial charge on any atom is -0.339 e. The van der Waals surface area contributed by atoms with Gasteiger partial charge in [-0.05, 0) is 25.3 Å². The van der Waals surface area contributed by atoms with E-state index in [1.54, 1.807) is 0 Å². The molecule has 1 aromatic heterocycles. The molecule has 2 aliphatic heterocycles. The molecule has 122 valence electrons. The predicted molar refractivity (Wildman–Crippen MR) is 82.2 cm³/mol. The first-order valence-electron chi connectivity index (χ1n) is 8.22. The number of hydrogen-bond donors (Lipinski definition) is 0. The molecule has 6 heteroatoms. The molecule has 1 aromatic rings. The normalized spacial score (nSPS) is 24.4. The van der Waals surface area contributed by atoms with E-state index in [9.17, 15) is 9.18 Å². The Morgan fingerprint density at radius 3 is 2.68 bits per heavy atom. The van der Waals surface area contributed by atoms with Crippen LogP contribution in [0.2, 0.25) is 0 Å². The number of alkyl halides is 1. The summed E-state index contributed by atoms with van der Waals surface area (Å²) in [5, 5.41) is 4.31. The fourth-order valence-electron chi connectivity index (χ4n) is 3.55. The molecule has 1 amide bonds.